The van der Waals surface area contributed by atoms with Crippen molar-refractivity contribution in [3.63, 3.8) is 0 Å². The Morgan fingerprint density at radius 2 is 2.12 bits per heavy atom. The highest BCUT2D eigenvalue weighted by molar-refractivity contribution is 9.11. The van der Waals surface area contributed by atoms with Crippen LogP contribution in [0.2, 0.25) is 0 Å². The molecular formula is C7H9Br. The summed E-state index contributed by atoms with van der Waals surface area (Å²) in [5.41, 5.74) is 0. The first-order valence-corrected chi connectivity index (χ1v) is 3.18. The molecule has 0 aromatic rings. The molecule has 0 aliphatic heterocycles. The standard InChI is InChI=1S/C7H9Br/c1-3-4-5-6-7(2)8/h3-6H,1H2,2H3. The molecule has 0 unspecified atom stereocenters. The zero-order valence-electron chi connectivity index (χ0n) is 4.89. The maximum absolute atomic E-state index is 3.53. The lowest BCUT2D eigenvalue weighted by atomic mass is 10.4. The lowest BCUT2D eigenvalue weighted by Crippen LogP contribution is -1.51. The second kappa shape index (κ2) is 4.85. The van der Waals surface area contributed by atoms with Crippen LogP contribution in [0.3, 0.4) is 0 Å². The SMILES string of the molecule is C=CC=CC=C(C)Br. The van der Waals surface area contributed by atoms with Crippen LogP contribution in [-0.2, 0) is 0 Å². The summed E-state index contributed by atoms with van der Waals surface area (Å²) in [5.74, 6) is 0. The summed E-state index contributed by atoms with van der Waals surface area (Å²) in [6.45, 7) is 5.51. The summed E-state index contributed by atoms with van der Waals surface area (Å²) >= 11 is 3.28. The molecular weight excluding hydrogens is 164 g/mol. The van der Waals surface area contributed by atoms with E-state index >= 15 is 0 Å². The van der Waals surface area contributed by atoms with Crippen LogP contribution >= 0.6 is 15.9 Å². The molecule has 0 fully saturated rings. The molecule has 0 heterocycles. The molecule has 44 valence electrons. The lowest BCUT2D eigenvalue weighted by molar-refractivity contribution is 1.69. The van der Waals surface area contributed by atoms with Crippen molar-refractivity contribution in [1.29, 1.82) is 0 Å². The molecule has 0 nitrogen and oxygen atoms in total. The monoisotopic (exact) mass is 172 g/mol. The van der Waals surface area contributed by atoms with Gasteiger partial charge < -0.3 is 0 Å². The van der Waals surface area contributed by atoms with Gasteiger partial charge in [-0.2, -0.15) is 0 Å². The van der Waals surface area contributed by atoms with Crippen LogP contribution < -0.4 is 0 Å². The first-order chi connectivity index (χ1) is 3.77. The molecule has 0 bridgehead atoms. The fraction of sp³-hybridized carbons (Fsp3) is 0.143. The van der Waals surface area contributed by atoms with Gasteiger partial charge in [-0.3, -0.25) is 0 Å². The first-order valence-electron chi connectivity index (χ1n) is 2.39. The summed E-state index contributed by atoms with van der Waals surface area (Å²) in [6, 6.07) is 0. The highest BCUT2D eigenvalue weighted by Crippen LogP contribution is 2.00. The number of hydrogen-bond donors (Lipinski definition) is 0. The van der Waals surface area contributed by atoms with Gasteiger partial charge in [0.25, 0.3) is 0 Å². The van der Waals surface area contributed by atoms with Gasteiger partial charge >= 0.3 is 0 Å². The largest absolute Gasteiger partial charge is 0.0991 e. The smallest absolute Gasteiger partial charge is 0.00804 e. The van der Waals surface area contributed by atoms with E-state index in [4.69, 9.17) is 0 Å². The normalized spacial score (nSPS) is 12.5. The number of hydrogen-bond acceptors (Lipinski definition) is 0. The Kier molecular flexibility index (Phi) is 4.67. The molecule has 0 aliphatic rings. The Hall–Kier alpha value is -0.300. The molecule has 8 heavy (non-hydrogen) atoms. The second-order valence-electron chi connectivity index (χ2n) is 1.37. The fourth-order valence-electron chi connectivity index (χ4n) is 0.267. The zero-order chi connectivity index (χ0) is 6.41. The molecule has 0 spiro atoms. The Morgan fingerprint density at radius 1 is 1.50 bits per heavy atom. The molecule has 0 aromatic heterocycles. The summed E-state index contributed by atoms with van der Waals surface area (Å²) in [4.78, 5) is 0. The maximum Gasteiger partial charge on any atom is -0.00804 e. The van der Waals surface area contributed by atoms with Crippen molar-refractivity contribution in [3.8, 4) is 0 Å². The van der Waals surface area contributed by atoms with Gasteiger partial charge in [0.05, 0.1) is 0 Å². The molecule has 0 saturated heterocycles. The van der Waals surface area contributed by atoms with Crippen LogP contribution in [0, 0.1) is 0 Å². The predicted molar refractivity (Wildman–Crippen MR) is 42.0 cm³/mol. The third kappa shape index (κ3) is 5.70. The van der Waals surface area contributed by atoms with E-state index in [9.17, 15) is 0 Å². The lowest BCUT2D eigenvalue weighted by Gasteiger charge is -1.76. The Bertz CT molecular complexity index is 116. The van der Waals surface area contributed by atoms with E-state index in [1.807, 2.05) is 25.2 Å². The van der Waals surface area contributed by atoms with Crippen LogP contribution in [0.25, 0.3) is 0 Å². The molecule has 0 amide bonds. The highest BCUT2D eigenvalue weighted by Gasteiger charge is 1.68. The van der Waals surface area contributed by atoms with Gasteiger partial charge in [0.15, 0.2) is 0 Å². The van der Waals surface area contributed by atoms with E-state index in [2.05, 4.69) is 22.5 Å². The molecule has 0 rings (SSSR count). The molecule has 0 N–H and O–H groups in total. The minimum absolute atomic E-state index is 1.12. The average molecular weight is 173 g/mol. The Balaban J connectivity index is 3.57. The van der Waals surface area contributed by atoms with Gasteiger partial charge in [-0.05, 0) is 11.4 Å². The molecule has 0 atom stereocenters. The third-order valence-electron chi connectivity index (χ3n) is 0.573. The van der Waals surface area contributed by atoms with Gasteiger partial charge in [-0.25, -0.2) is 0 Å². The highest BCUT2D eigenvalue weighted by atomic mass is 79.9. The van der Waals surface area contributed by atoms with Crippen LogP contribution in [-0.4, -0.2) is 0 Å². The van der Waals surface area contributed by atoms with Crippen molar-refractivity contribution in [2.45, 2.75) is 6.92 Å². The van der Waals surface area contributed by atoms with E-state index in [0.717, 1.165) is 4.48 Å². The molecule has 0 radical (unpaired) electrons. The van der Waals surface area contributed by atoms with E-state index in [0.29, 0.717) is 0 Å². The minimum Gasteiger partial charge on any atom is -0.0991 e. The summed E-state index contributed by atoms with van der Waals surface area (Å²) < 4.78 is 1.12. The van der Waals surface area contributed by atoms with Crippen molar-refractivity contribution in [2.24, 2.45) is 0 Å². The quantitative estimate of drug-likeness (QED) is 0.563. The van der Waals surface area contributed by atoms with Gasteiger partial charge in [0.2, 0.25) is 0 Å². The zero-order valence-corrected chi connectivity index (χ0v) is 6.48. The molecule has 1 heteroatoms. The van der Waals surface area contributed by atoms with Gasteiger partial charge in [0, 0.05) is 0 Å². The van der Waals surface area contributed by atoms with E-state index in [1.165, 1.54) is 0 Å². The number of halogens is 1. The second-order valence-corrected chi connectivity index (χ2v) is 2.62. The van der Waals surface area contributed by atoms with E-state index in [-0.39, 0.29) is 0 Å². The molecule has 0 aliphatic carbocycles. The van der Waals surface area contributed by atoms with Gasteiger partial charge in [-0.1, -0.05) is 46.8 Å². The summed E-state index contributed by atoms with van der Waals surface area (Å²) in [5, 5.41) is 0. The van der Waals surface area contributed by atoms with Crippen LogP contribution in [0.5, 0.6) is 0 Å². The van der Waals surface area contributed by atoms with Crippen molar-refractivity contribution < 1.29 is 0 Å². The third-order valence-corrected chi connectivity index (χ3v) is 0.837. The number of rotatable bonds is 2. The number of allylic oxidation sites excluding steroid dienone is 5. The van der Waals surface area contributed by atoms with Crippen molar-refractivity contribution in [2.75, 3.05) is 0 Å². The van der Waals surface area contributed by atoms with Crippen molar-refractivity contribution in [1.82, 2.24) is 0 Å². The fourth-order valence-corrected chi connectivity index (χ4v) is 0.419. The molecule has 0 aromatic carbocycles. The minimum atomic E-state index is 1.12. The van der Waals surface area contributed by atoms with E-state index in [1.54, 1.807) is 6.08 Å². The summed E-state index contributed by atoms with van der Waals surface area (Å²) in [7, 11) is 0. The Labute approximate surface area is 58.7 Å². The van der Waals surface area contributed by atoms with Crippen molar-refractivity contribution >= 4 is 15.9 Å². The maximum atomic E-state index is 3.53. The molecule has 0 saturated carbocycles. The predicted octanol–water partition coefficient (Wildman–Crippen LogP) is 3.03. The van der Waals surface area contributed by atoms with Crippen LogP contribution in [0.1, 0.15) is 6.92 Å². The van der Waals surface area contributed by atoms with Gasteiger partial charge in [-0.15, -0.1) is 0 Å². The van der Waals surface area contributed by atoms with Gasteiger partial charge in [0.1, 0.15) is 0 Å². The topological polar surface area (TPSA) is 0 Å². The van der Waals surface area contributed by atoms with Crippen molar-refractivity contribution in [3.05, 3.63) is 35.4 Å². The Morgan fingerprint density at radius 3 is 2.50 bits per heavy atom. The average Bonchev–Trinajstić information content (AvgIpc) is 1.66. The van der Waals surface area contributed by atoms with Crippen LogP contribution in [0.15, 0.2) is 35.4 Å². The summed E-state index contributed by atoms with van der Waals surface area (Å²) in [6.07, 6.45) is 7.51. The van der Waals surface area contributed by atoms with E-state index < -0.39 is 0 Å². The van der Waals surface area contributed by atoms with Crippen LogP contribution in [0.4, 0.5) is 0 Å². The first kappa shape index (κ1) is 7.70.